The van der Waals surface area contributed by atoms with E-state index >= 15 is 0 Å². The molecule has 52 heavy (non-hydrogen) atoms. The number of ether oxygens (including phenoxy) is 1. The highest BCUT2D eigenvalue weighted by Gasteiger charge is 2.47. The van der Waals surface area contributed by atoms with Gasteiger partial charge in [0.1, 0.15) is 5.75 Å². The molecule has 3 heterocycles. The van der Waals surface area contributed by atoms with Crippen molar-refractivity contribution in [3.63, 3.8) is 0 Å². The number of carbonyl (C=O) groups is 2. The summed E-state index contributed by atoms with van der Waals surface area (Å²) in [5.41, 5.74) is 0.260. The average Bonchev–Trinajstić information content (AvgIpc) is 3.24. The van der Waals surface area contributed by atoms with E-state index < -0.39 is 40.1 Å². The van der Waals surface area contributed by atoms with Crippen LogP contribution in [0.15, 0.2) is 48.6 Å². The molecule has 0 unspecified atom stereocenters. The molecular formula is C39H51ClN4O7S. The van der Waals surface area contributed by atoms with Crippen LogP contribution in [0.2, 0.25) is 5.02 Å². The maximum Gasteiger partial charge on any atom is 0.303 e. The third-order valence-corrected chi connectivity index (χ3v) is 14.1. The third-order valence-electron chi connectivity index (χ3n) is 12.4. The first-order chi connectivity index (χ1) is 24.8. The summed E-state index contributed by atoms with van der Waals surface area (Å²) < 4.78 is 37.0. The second kappa shape index (κ2) is 14.6. The number of fused-ring (bicyclic) bond motifs is 4. The first-order valence-corrected chi connectivity index (χ1v) is 20.5. The molecule has 1 spiro atoms. The highest BCUT2D eigenvalue weighted by atomic mass is 35.5. The second-order valence-corrected chi connectivity index (χ2v) is 18.0. The van der Waals surface area contributed by atoms with E-state index in [9.17, 15) is 28.2 Å². The fraction of sp³-hybridized carbons (Fsp3) is 0.590. The van der Waals surface area contributed by atoms with Crippen molar-refractivity contribution in [3.8, 4) is 5.75 Å². The standard InChI is InChI=1S/C39H51ClN4O7S/c1-26-14-18-44(19-15-26)52(49,50)41-37(47)39(48)22-36(46)42(2)17-4-3-7-34(45)31-11-8-28(31)23-43-24-38(25-51-35-13-9-29(39)21-33(35)43)16-5-6-27-20-30(40)10-12-32(27)38/h3,7,9-10,12-13,20-21,26,28,31,34,45,48H,4-6,8,11,14-19,22-25H2,1-2H3,(H,41,47)/b7-3+/t28-,31+,34-,38-,39+/m0/s1. The predicted octanol–water partition coefficient (Wildman–Crippen LogP) is 4.29. The molecular weight excluding hydrogens is 704 g/mol. The van der Waals surface area contributed by atoms with Gasteiger partial charge in [0, 0.05) is 50.2 Å². The van der Waals surface area contributed by atoms with Gasteiger partial charge in [-0.05, 0) is 110 Å². The number of anilines is 1. The summed E-state index contributed by atoms with van der Waals surface area (Å²) in [6, 6.07) is 11.0. The lowest BCUT2D eigenvalue weighted by Crippen LogP contribution is -2.54. The number of halogens is 1. The van der Waals surface area contributed by atoms with Crippen LogP contribution in [0.4, 0.5) is 5.69 Å². The molecule has 7 rings (SSSR count). The molecule has 2 fully saturated rings. The molecule has 1 saturated heterocycles. The van der Waals surface area contributed by atoms with Crippen molar-refractivity contribution in [2.45, 2.75) is 81.8 Å². The smallest absolute Gasteiger partial charge is 0.303 e. The molecule has 2 aliphatic carbocycles. The van der Waals surface area contributed by atoms with Crippen molar-refractivity contribution in [3.05, 3.63) is 70.3 Å². The Morgan fingerprint density at radius 2 is 1.87 bits per heavy atom. The van der Waals surface area contributed by atoms with E-state index in [1.54, 1.807) is 25.2 Å². The summed E-state index contributed by atoms with van der Waals surface area (Å²) in [4.78, 5) is 31.5. The highest BCUT2D eigenvalue weighted by Crippen LogP contribution is 2.47. The molecule has 2 aromatic carbocycles. The van der Waals surface area contributed by atoms with Gasteiger partial charge in [0.2, 0.25) is 5.91 Å². The van der Waals surface area contributed by atoms with E-state index in [2.05, 4.69) is 22.6 Å². The Morgan fingerprint density at radius 1 is 1.08 bits per heavy atom. The Kier molecular flexibility index (Phi) is 10.4. The third kappa shape index (κ3) is 7.21. The van der Waals surface area contributed by atoms with Crippen LogP contribution in [0.25, 0.3) is 0 Å². The Morgan fingerprint density at radius 3 is 2.62 bits per heavy atom. The SMILES string of the molecule is CC1CCN(S(=O)(=O)NC(=O)[C@@]2(O)CC(=O)N(C)CC/C=C/[C@H](O)[C@@H]3CC[C@H]3CN3C[C@@]4(CCCc5cc(Cl)ccc54)COc4ccc2cc43)CC1. The van der Waals surface area contributed by atoms with Crippen LogP contribution in [0.1, 0.15) is 75.0 Å². The summed E-state index contributed by atoms with van der Waals surface area (Å²) in [6.45, 7) is 4.47. The van der Waals surface area contributed by atoms with Crippen LogP contribution >= 0.6 is 11.6 Å². The number of hydrogen-bond acceptors (Lipinski definition) is 8. The quantitative estimate of drug-likeness (QED) is 0.395. The van der Waals surface area contributed by atoms with E-state index in [0.29, 0.717) is 67.9 Å². The molecule has 282 valence electrons. The highest BCUT2D eigenvalue weighted by molar-refractivity contribution is 7.87. The summed E-state index contributed by atoms with van der Waals surface area (Å²) >= 11 is 6.45. The monoisotopic (exact) mass is 754 g/mol. The van der Waals surface area contributed by atoms with Crippen LogP contribution in [-0.2, 0) is 37.2 Å². The van der Waals surface area contributed by atoms with Gasteiger partial charge in [-0.25, -0.2) is 4.72 Å². The Hall–Kier alpha value is -3.16. The van der Waals surface area contributed by atoms with Gasteiger partial charge in [-0.3, -0.25) is 9.59 Å². The number of rotatable bonds is 3. The zero-order valence-electron chi connectivity index (χ0n) is 30.1. The van der Waals surface area contributed by atoms with Gasteiger partial charge in [0.25, 0.3) is 5.91 Å². The van der Waals surface area contributed by atoms with Crippen molar-refractivity contribution >= 4 is 39.3 Å². The van der Waals surface area contributed by atoms with E-state index in [0.717, 1.165) is 32.1 Å². The first-order valence-electron chi connectivity index (χ1n) is 18.7. The minimum absolute atomic E-state index is 0.0541. The Bertz CT molecular complexity index is 1830. The lowest BCUT2D eigenvalue weighted by Gasteiger charge is -2.45. The van der Waals surface area contributed by atoms with Crippen molar-refractivity contribution < 1.29 is 33.0 Å². The molecule has 2 aromatic rings. The number of amides is 2. The normalized spacial score (nSPS) is 31.1. The molecule has 1 saturated carbocycles. The van der Waals surface area contributed by atoms with Gasteiger partial charge in [0.15, 0.2) is 5.60 Å². The van der Waals surface area contributed by atoms with Gasteiger partial charge in [-0.15, -0.1) is 0 Å². The summed E-state index contributed by atoms with van der Waals surface area (Å²) in [7, 11) is -2.71. The lowest BCUT2D eigenvalue weighted by molar-refractivity contribution is -0.148. The summed E-state index contributed by atoms with van der Waals surface area (Å²) in [5.74, 6) is -0.534. The zero-order chi connectivity index (χ0) is 36.8. The van der Waals surface area contributed by atoms with E-state index in [1.807, 2.05) is 24.3 Å². The Balaban J connectivity index is 1.31. The molecule has 2 bridgehead atoms. The number of hydrogen-bond donors (Lipinski definition) is 3. The zero-order valence-corrected chi connectivity index (χ0v) is 31.7. The number of benzene rings is 2. The largest absolute Gasteiger partial charge is 0.490 e. The number of aliphatic hydroxyl groups excluding tert-OH is 1. The molecule has 0 radical (unpaired) electrons. The molecule has 0 aromatic heterocycles. The van der Waals surface area contributed by atoms with Gasteiger partial charge in [-0.2, -0.15) is 12.7 Å². The number of nitrogens with zero attached hydrogens (tertiary/aromatic N) is 3. The lowest BCUT2D eigenvalue weighted by atomic mass is 9.68. The molecule has 5 atom stereocenters. The minimum atomic E-state index is -4.30. The van der Waals surface area contributed by atoms with Crippen molar-refractivity contribution in [2.24, 2.45) is 17.8 Å². The number of aliphatic hydroxyl groups is 2. The second-order valence-electron chi connectivity index (χ2n) is 15.9. The van der Waals surface area contributed by atoms with Crippen LogP contribution < -0.4 is 14.4 Å². The van der Waals surface area contributed by atoms with Crippen LogP contribution in [-0.4, -0.2) is 92.1 Å². The molecule has 3 N–H and O–H groups in total. The molecule has 13 heteroatoms. The van der Waals surface area contributed by atoms with Crippen molar-refractivity contribution in [1.29, 1.82) is 0 Å². The van der Waals surface area contributed by atoms with Crippen molar-refractivity contribution in [1.82, 2.24) is 13.9 Å². The minimum Gasteiger partial charge on any atom is -0.490 e. The fourth-order valence-corrected chi connectivity index (χ4v) is 10.3. The van der Waals surface area contributed by atoms with Crippen LogP contribution in [0, 0.1) is 17.8 Å². The average molecular weight is 755 g/mol. The maximum atomic E-state index is 14.2. The van der Waals surface area contributed by atoms with Gasteiger partial charge < -0.3 is 24.7 Å². The Labute approximate surface area is 312 Å². The summed E-state index contributed by atoms with van der Waals surface area (Å²) in [6.07, 6.45) is 8.80. The number of nitrogens with one attached hydrogen (secondary N) is 1. The first kappa shape index (κ1) is 37.2. The fourth-order valence-electron chi connectivity index (χ4n) is 8.86. The van der Waals surface area contributed by atoms with Crippen LogP contribution in [0.5, 0.6) is 5.75 Å². The van der Waals surface area contributed by atoms with Gasteiger partial charge in [-0.1, -0.05) is 42.8 Å². The van der Waals surface area contributed by atoms with Gasteiger partial charge >= 0.3 is 10.2 Å². The van der Waals surface area contributed by atoms with Gasteiger partial charge in [0.05, 0.1) is 24.8 Å². The number of carbonyl (C=O) groups excluding carboxylic acids is 2. The van der Waals surface area contributed by atoms with E-state index in [1.165, 1.54) is 20.3 Å². The molecule has 2 amide bonds. The predicted molar refractivity (Wildman–Crippen MR) is 199 cm³/mol. The number of piperidine rings is 1. The number of aryl methyl sites for hydroxylation is 1. The molecule has 5 aliphatic rings. The maximum absolute atomic E-state index is 14.2. The summed E-state index contributed by atoms with van der Waals surface area (Å²) in [5, 5.41) is 24.3. The van der Waals surface area contributed by atoms with E-state index in [4.69, 9.17) is 16.3 Å². The van der Waals surface area contributed by atoms with Crippen molar-refractivity contribution in [2.75, 3.05) is 51.3 Å². The van der Waals surface area contributed by atoms with Crippen LogP contribution in [0.3, 0.4) is 0 Å². The topological polar surface area (TPSA) is 140 Å². The molecule has 11 nitrogen and oxygen atoms in total. The molecule has 3 aliphatic heterocycles. The van der Waals surface area contributed by atoms with E-state index in [-0.39, 0.29) is 35.9 Å².